The topological polar surface area (TPSA) is 65.7 Å². The highest BCUT2D eigenvalue weighted by atomic mass is 35.5. The van der Waals surface area contributed by atoms with Crippen LogP contribution in [0.15, 0.2) is 55.6 Å². The quantitative estimate of drug-likeness (QED) is 0.302. The van der Waals surface area contributed by atoms with Gasteiger partial charge in [0.05, 0.1) is 28.8 Å². The van der Waals surface area contributed by atoms with Gasteiger partial charge in [-0.3, -0.25) is 0 Å². The standard InChI is InChI=1S/C25H26Cl2N2O4/c1-5-7-8-21(30)24-18(6-2)25(29(3)28-24)33-23-14-22(19(26)13-20(23)27)32-15-16-9-11-17(31-4)12-10-16/h5-6,9-14,21,30H,1-2,7-8,15H2,3-4H3. The van der Waals surface area contributed by atoms with Crippen molar-refractivity contribution in [2.75, 3.05) is 7.11 Å². The van der Waals surface area contributed by atoms with Crippen molar-refractivity contribution in [2.24, 2.45) is 7.05 Å². The van der Waals surface area contributed by atoms with Crippen molar-refractivity contribution in [3.05, 3.63) is 82.5 Å². The molecule has 1 unspecified atom stereocenters. The number of ether oxygens (including phenoxy) is 3. The van der Waals surface area contributed by atoms with Gasteiger partial charge in [0.1, 0.15) is 23.8 Å². The second-order valence-electron chi connectivity index (χ2n) is 7.27. The van der Waals surface area contributed by atoms with Crippen molar-refractivity contribution < 1.29 is 19.3 Å². The van der Waals surface area contributed by atoms with Crippen LogP contribution in [-0.2, 0) is 13.7 Å². The van der Waals surface area contributed by atoms with Crippen LogP contribution >= 0.6 is 23.2 Å². The molecule has 0 aliphatic carbocycles. The van der Waals surface area contributed by atoms with Crippen LogP contribution in [-0.4, -0.2) is 22.0 Å². The van der Waals surface area contributed by atoms with Crippen molar-refractivity contribution in [1.82, 2.24) is 9.78 Å². The third-order valence-electron chi connectivity index (χ3n) is 4.97. The molecular weight excluding hydrogens is 463 g/mol. The molecule has 33 heavy (non-hydrogen) atoms. The van der Waals surface area contributed by atoms with E-state index >= 15 is 0 Å². The predicted octanol–water partition coefficient (Wildman–Crippen LogP) is 6.75. The van der Waals surface area contributed by atoms with Gasteiger partial charge in [-0.2, -0.15) is 5.10 Å². The molecule has 1 atom stereocenters. The molecule has 0 saturated heterocycles. The molecule has 0 fully saturated rings. The molecule has 0 aliphatic heterocycles. The minimum atomic E-state index is -0.774. The largest absolute Gasteiger partial charge is 0.497 e. The lowest BCUT2D eigenvalue weighted by atomic mass is 10.1. The van der Waals surface area contributed by atoms with E-state index in [1.165, 1.54) is 4.68 Å². The van der Waals surface area contributed by atoms with Gasteiger partial charge in [0.2, 0.25) is 5.88 Å². The molecule has 174 valence electrons. The van der Waals surface area contributed by atoms with Crippen molar-refractivity contribution in [2.45, 2.75) is 25.6 Å². The number of aryl methyl sites for hydroxylation is 1. The monoisotopic (exact) mass is 488 g/mol. The van der Waals surface area contributed by atoms with E-state index in [0.29, 0.717) is 58.1 Å². The van der Waals surface area contributed by atoms with Crippen molar-refractivity contribution in [1.29, 1.82) is 0 Å². The summed E-state index contributed by atoms with van der Waals surface area (Å²) in [5, 5.41) is 15.6. The zero-order chi connectivity index (χ0) is 24.0. The number of hydrogen-bond donors (Lipinski definition) is 1. The Morgan fingerprint density at radius 3 is 2.45 bits per heavy atom. The van der Waals surface area contributed by atoms with Crippen molar-refractivity contribution >= 4 is 29.3 Å². The summed E-state index contributed by atoms with van der Waals surface area (Å²) in [6, 6.07) is 10.7. The van der Waals surface area contributed by atoms with E-state index in [1.54, 1.807) is 38.4 Å². The molecule has 2 aromatic carbocycles. The highest BCUT2D eigenvalue weighted by molar-refractivity contribution is 6.36. The molecule has 3 aromatic rings. The van der Waals surface area contributed by atoms with Gasteiger partial charge in [-0.25, -0.2) is 4.68 Å². The lowest BCUT2D eigenvalue weighted by Crippen LogP contribution is -2.00. The Hall–Kier alpha value is -2.93. The lowest BCUT2D eigenvalue weighted by Gasteiger charge is -2.13. The molecule has 1 N–H and O–H groups in total. The van der Waals surface area contributed by atoms with E-state index in [2.05, 4.69) is 18.3 Å². The number of benzene rings is 2. The Labute approximate surface area is 203 Å². The van der Waals surface area contributed by atoms with Gasteiger partial charge in [0.25, 0.3) is 0 Å². The number of allylic oxidation sites excluding steroid dienone is 1. The Bertz CT molecular complexity index is 1130. The van der Waals surface area contributed by atoms with Crippen LogP contribution in [0.25, 0.3) is 6.08 Å². The number of aromatic nitrogens is 2. The molecule has 0 amide bonds. The number of rotatable bonds is 11. The van der Waals surface area contributed by atoms with Gasteiger partial charge >= 0.3 is 0 Å². The summed E-state index contributed by atoms with van der Waals surface area (Å²) < 4.78 is 18.7. The summed E-state index contributed by atoms with van der Waals surface area (Å²) in [5.41, 5.74) is 2.01. The van der Waals surface area contributed by atoms with E-state index in [0.717, 1.165) is 11.3 Å². The molecule has 0 spiro atoms. The zero-order valence-electron chi connectivity index (χ0n) is 18.6. The summed E-state index contributed by atoms with van der Waals surface area (Å²) in [4.78, 5) is 0. The Morgan fingerprint density at radius 2 is 1.82 bits per heavy atom. The van der Waals surface area contributed by atoms with Gasteiger partial charge in [0.15, 0.2) is 5.75 Å². The molecule has 8 heteroatoms. The second kappa shape index (κ2) is 11.3. The normalized spacial score (nSPS) is 11.7. The van der Waals surface area contributed by atoms with E-state index in [1.807, 2.05) is 24.3 Å². The Morgan fingerprint density at radius 1 is 1.12 bits per heavy atom. The summed E-state index contributed by atoms with van der Waals surface area (Å²) in [6.45, 7) is 7.84. The number of aliphatic hydroxyl groups excluding tert-OH is 1. The first kappa shape index (κ1) is 24.7. The molecule has 1 aromatic heterocycles. The van der Waals surface area contributed by atoms with Crippen LogP contribution in [0.1, 0.15) is 35.8 Å². The maximum atomic E-state index is 10.5. The summed E-state index contributed by atoms with van der Waals surface area (Å²) in [7, 11) is 3.34. The molecule has 0 aliphatic rings. The lowest BCUT2D eigenvalue weighted by molar-refractivity contribution is 0.163. The van der Waals surface area contributed by atoms with Crippen molar-refractivity contribution in [3.63, 3.8) is 0 Å². The highest BCUT2D eigenvalue weighted by Crippen LogP contribution is 2.40. The molecule has 1 heterocycles. The van der Waals surface area contributed by atoms with Crippen LogP contribution in [0.3, 0.4) is 0 Å². The molecule has 3 rings (SSSR count). The average Bonchev–Trinajstić information content (AvgIpc) is 3.13. The molecule has 0 radical (unpaired) electrons. The number of halogens is 2. The average molecular weight is 489 g/mol. The summed E-state index contributed by atoms with van der Waals surface area (Å²) in [5.74, 6) is 1.91. The van der Waals surface area contributed by atoms with E-state index in [9.17, 15) is 5.11 Å². The summed E-state index contributed by atoms with van der Waals surface area (Å²) >= 11 is 12.7. The minimum Gasteiger partial charge on any atom is -0.497 e. The molecule has 0 saturated carbocycles. The van der Waals surface area contributed by atoms with Crippen LogP contribution < -0.4 is 14.2 Å². The van der Waals surface area contributed by atoms with Gasteiger partial charge in [-0.15, -0.1) is 6.58 Å². The minimum absolute atomic E-state index is 0.300. The van der Waals surface area contributed by atoms with Gasteiger partial charge in [-0.05, 0) is 36.6 Å². The first-order valence-electron chi connectivity index (χ1n) is 10.3. The van der Waals surface area contributed by atoms with Crippen LogP contribution in [0.4, 0.5) is 0 Å². The van der Waals surface area contributed by atoms with Gasteiger partial charge < -0.3 is 19.3 Å². The number of methoxy groups -OCH3 is 1. The van der Waals surface area contributed by atoms with Crippen LogP contribution in [0.5, 0.6) is 23.1 Å². The van der Waals surface area contributed by atoms with Crippen LogP contribution in [0.2, 0.25) is 10.0 Å². The van der Waals surface area contributed by atoms with E-state index in [4.69, 9.17) is 37.4 Å². The maximum absolute atomic E-state index is 10.5. The zero-order valence-corrected chi connectivity index (χ0v) is 20.1. The number of aliphatic hydroxyl groups is 1. The first-order chi connectivity index (χ1) is 15.9. The third kappa shape index (κ3) is 5.90. The van der Waals surface area contributed by atoms with Crippen LogP contribution in [0, 0.1) is 0 Å². The van der Waals surface area contributed by atoms with Gasteiger partial charge in [0, 0.05) is 13.1 Å². The fraction of sp³-hybridized carbons (Fsp3) is 0.240. The molecule has 6 nitrogen and oxygen atoms in total. The Kier molecular flexibility index (Phi) is 8.44. The summed E-state index contributed by atoms with van der Waals surface area (Å²) in [6.07, 6.45) is 3.72. The van der Waals surface area contributed by atoms with E-state index in [-0.39, 0.29) is 0 Å². The highest BCUT2D eigenvalue weighted by Gasteiger charge is 2.22. The smallest absolute Gasteiger partial charge is 0.225 e. The second-order valence-corrected chi connectivity index (χ2v) is 8.08. The van der Waals surface area contributed by atoms with Gasteiger partial charge in [-0.1, -0.05) is 54.1 Å². The molecule has 0 bridgehead atoms. The Balaban J connectivity index is 1.84. The fourth-order valence-electron chi connectivity index (χ4n) is 3.20. The maximum Gasteiger partial charge on any atom is 0.225 e. The predicted molar refractivity (Wildman–Crippen MR) is 132 cm³/mol. The number of nitrogens with zero attached hydrogens (tertiary/aromatic N) is 2. The van der Waals surface area contributed by atoms with E-state index < -0.39 is 6.10 Å². The SMILES string of the molecule is C=CCCC(O)c1nn(C)c(Oc2cc(OCc3ccc(OC)cc3)c(Cl)cc2Cl)c1C=C. The first-order valence-corrected chi connectivity index (χ1v) is 11.0. The van der Waals surface area contributed by atoms with Crippen molar-refractivity contribution in [3.8, 4) is 23.1 Å². The third-order valence-corrected chi connectivity index (χ3v) is 5.56. The number of hydrogen-bond acceptors (Lipinski definition) is 5. The fourth-order valence-corrected chi connectivity index (χ4v) is 3.68. The molecular formula is C25H26Cl2N2O4.